The van der Waals surface area contributed by atoms with Crippen LogP contribution < -0.4 is 9.47 Å². The minimum atomic E-state index is 0.595. The van der Waals surface area contributed by atoms with Crippen molar-refractivity contribution in [3.63, 3.8) is 0 Å². The zero-order chi connectivity index (χ0) is 21.6. The van der Waals surface area contributed by atoms with Crippen LogP contribution in [0.4, 0.5) is 0 Å². The van der Waals surface area contributed by atoms with Crippen LogP contribution in [-0.2, 0) is 11.3 Å². The number of hydrogen-bond donors (Lipinski definition) is 0. The summed E-state index contributed by atoms with van der Waals surface area (Å²) in [6.45, 7) is 7.48. The number of hydrogen-bond acceptors (Lipinski definition) is 5. The third kappa shape index (κ3) is 8.27. The molecule has 0 amide bonds. The van der Waals surface area contributed by atoms with E-state index in [1.54, 1.807) is 6.21 Å². The molecule has 1 aromatic carbocycles. The molecule has 0 radical (unpaired) electrons. The Labute approximate surface area is 180 Å². The van der Waals surface area contributed by atoms with Gasteiger partial charge in [-0.05, 0) is 75.4 Å². The minimum absolute atomic E-state index is 0.595. The molecule has 1 heterocycles. The van der Waals surface area contributed by atoms with Gasteiger partial charge in [0.15, 0.2) is 0 Å². The predicted molar refractivity (Wildman–Crippen MR) is 123 cm³/mol. The number of benzene rings is 1. The Bertz CT molecular complexity index is 791. The van der Waals surface area contributed by atoms with Gasteiger partial charge in [-0.15, -0.1) is 0 Å². The molecule has 0 aliphatic heterocycles. The van der Waals surface area contributed by atoms with Gasteiger partial charge in [-0.3, -0.25) is 4.98 Å². The van der Waals surface area contributed by atoms with Crippen LogP contribution in [-0.4, -0.2) is 31.5 Å². The van der Waals surface area contributed by atoms with Gasteiger partial charge in [0.05, 0.1) is 12.8 Å². The average molecular weight is 411 g/mol. The lowest BCUT2D eigenvalue weighted by Gasteiger charge is -2.14. The molecule has 2 rings (SSSR count). The van der Waals surface area contributed by atoms with E-state index < -0.39 is 0 Å². The van der Waals surface area contributed by atoms with Gasteiger partial charge in [0.25, 0.3) is 0 Å². The number of nitrogens with zero attached hydrogens (tertiary/aromatic N) is 2. The summed E-state index contributed by atoms with van der Waals surface area (Å²) in [7, 11) is 1.53. The molecule has 0 N–H and O–H groups in total. The lowest BCUT2D eigenvalue weighted by molar-refractivity contribution is 0.215. The summed E-state index contributed by atoms with van der Waals surface area (Å²) in [4.78, 5) is 9.15. The van der Waals surface area contributed by atoms with Crippen molar-refractivity contribution in [2.24, 2.45) is 5.16 Å². The lowest BCUT2D eigenvalue weighted by atomic mass is 10.1. The summed E-state index contributed by atoms with van der Waals surface area (Å²) >= 11 is 0. The highest BCUT2D eigenvalue weighted by atomic mass is 16.6. The zero-order valence-electron chi connectivity index (χ0n) is 18.7. The van der Waals surface area contributed by atoms with E-state index >= 15 is 0 Å². The number of unbranched alkanes of at least 4 members (excludes halogenated alkanes) is 3. The van der Waals surface area contributed by atoms with Crippen molar-refractivity contribution >= 4 is 6.21 Å². The van der Waals surface area contributed by atoms with Crippen molar-refractivity contribution in [2.45, 2.75) is 52.9 Å². The topological polar surface area (TPSA) is 52.9 Å². The molecule has 30 heavy (non-hydrogen) atoms. The van der Waals surface area contributed by atoms with Gasteiger partial charge in [0.1, 0.15) is 25.2 Å². The maximum absolute atomic E-state index is 6.05. The second-order valence-electron chi connectivity index (χ2n) is 7.28. The number of ether oxygens (including phenoxy) is 2. The number of aromatic nitrogens is 1. The van der Waals surface area contributed by atoms with Gasteiger partial charge < -0.3 is 14.3 Å². The van der Waals surface area contributed by atoms with Gasteiger partial charge in [-0.25, -0.2) is 0 Å². The molecule has 0 aliphatic rings. The summed E-state index contributed by atoms with van der Waals surface area (Å²) in [5.74, 6) is 1.87. The Balaban J connectivity index is 1.65. The second kappa shape index (κ2) is 13.4. The Morgan fingerprint density at radius 3 is 2.43 bits per heavy atom. The van der Waals surface area contributed by atoms with Gasteiger partial charge in [0.2, 0.25) is 0 Å². The first kappa shape index (κ1) is 23.5. The van der Waals surface area contributed by atoms with Crippen LogP contribution in [0.5, 0.6) is 11.5 Å². The highest BCUT2D eigenvalue weighted by molar-refractivity contribution is 5.78. The summed E-state index contributed by atoms with van der Waals surface area (Å²) in [6, 6.07) is 8.16. The van der Waals surface area contributed by atoms with E-state index in [4.69, 9.17) is 9.47 Å². The van der Waals surface area contributed by atoms with Crippen molar-refractivity contribution in [3.05, 3.63) is 65.0 Å². The molecular formula is C25H34N2O3. The van der Waals surface area contributed by atoms with Crippen LogP contribution in [0.1, 0.15) is 55.0 Å². The number of oxime groups is 1. The van der Waals surface area contributed by atoms with E-state index in [1.807, 2.05) is 43.5 Å². The molecule has 0 fully saturated rings. The number of rotatable bonds is 13. The smallest absolute Gasteiger partial charge is 0.125 e. The monoisotopic (exact) mass is 410 g/mol. The molecule has 0 aliphatic carbocycles. The van der Waals surface area contributed by atoms with Crippen LogP contribution >= 0.6 is 0 Å². The van der Waals surface area contributed by atoms with E-state index in [2.05, 4.69) is 34.9 Å². The Morgan fingerprint density at radius 1 is 1.00 bits per heavy atom. The van der Waals surface area contributed by atoms with Crippen LogP contribution in [0.25, 0.3) is 0 Å². The molecular weight excluding hydrogens is 376 g/mol. The zero-order valence-corrected chi connectivity index (χ0v) is 18.7. The van der Waals surface area contributed by atoms with Crippen molar-refractivity contribution in [1.82, 2.24) is 4.98 Å². The third-order valence-electron chi connectivity index (χ3n) is 4.74. The second-order valence-corrected chi connectivity index (χ2v) is 7.28. The van der Waals surface area contributed by atoms with Crippen LogP contribution in [0.3, 0.4) is 0 Å². The standard InChI is InChI=1S/C25H34N2O3/c1-5-6-14-29-24-16-20(2)25(21(3)17-24)30-15-10-8-7-9-11-23-13-12-22(18-26-23)19-27-28-4/h5-6,12-13,16-19H,7-11,14-15H2,1-4H3/b6-5+,27-19+. The molecule has 0 bridgehead atoms. The quantitative estimate of drug-likeness (QED) is 0.181. The van der Waals surface area contributed by atoms with E-state index in [0.717, 1.165) is 66.2 Å². The van der Waals surface area contributed by atoms with E-state index in [-0.39, 0.29) is 0 Å². The average Bonchev–Trinajstić information content (AvgIpc) is 2.74. The molecule has 5 nitrogen and oxygen atoms in total. The van der Waals surface area contributed by atoms with Crippen LogP contribution in [0, 0.1) is 13.8 Å². The predicted octanol–water partition coefficient (Wildman–Crippen LogP) is 5.82. The minimum Gasteiger partial charge on any atom is -0.493 e. The molecule has 1 aromatic heterocycles. The van der Waals surface area contributed by atoms with Gasteiger partial charge in [-0.2, -0.15) is 0 Å². The maximum atomic E-state index is 6.05. The fourth-order valence-electron chi connectivity index (χ4n) is 3.17. The normalized spacial score (nSPS) is 11.3. The van der Waals surface area contributed by atoms with Crippen LogP contribution in [0.15, 0.2) is 47.8 Å². The highest BCUT2D eigenvalue weighted by Crippen LogP contribution is 2.28. The van der Waals surface area contributed by atoms with Crippen molar-refractivity contribution in [3.8, 4) is 11.5 Å². The SMILES string of the molecule is C/C=C/COc1cc(C)c(OCCCCCCc2ccc(/C=N/OC)cn2)c(C)c1. The molecule has 0 spiro atoms. The molecule has 0 atom stereocenters. The van der Waals surface area contributed by atoms with E-state index in [0.29, 0.717) is 6.61 Å². The first-order chi connectivity index (χ1) is 14.6. The van der Waals surface area contributed by atoms with Crippen molar-refractivity contribution in [2.75, 3.05) is 20.3 Å². The van der Waals surface area contributed by atoms with Gasteiger partial charge >= 0.3 is 0 Å². The Kier molecular flexibility index (Phi) is 10.5. The first-order valence-corrected chi connectivity index (χ1v) is 10.6. The molecule has 0 saturated heterocycles. The van der Waals surface area contributed by atoms with E-state index in [1.165, 1.54) is 13.5 Å². The largest absolute Gasteiger partial charge is 0.493 e. The summed E-state index contributed by atoms with van der Waals surface area (Å²) in [6.07, 6.45) is 13.0. The summed E-state index contributed by atoms with van der Waals surface area (Å²) in [5.41, 5.74) is 4.30. The third-order valence-corrected chi connectivity index (χ3v) is 4.74. The van der Waals surface area contributed by atoms with Crippen molar-refractivity contribution < 1.29 is 14.3 Å². The molecule has 5 heteroatoms. The maximum Gasteiger partial charge on any atom is 0.125 e. The van der Waals surface area contributed by atoms with Gasteiger partial charge in [0, 0.05) is 17.5 Å². The highest BCUT2D eigenvalue weighted by Gasteiger charge is 2.07. The molecule has 162 valence electrons. The van der Waals surface area contributed by atoms with Crippen molar-refractivity contribution in [1.29, 1.82) is 0 Å². The summed E-state index contributed by atoms with van der Waals surface area (Å²) < 4.78 is 11.8. The number of pyridine rings is 1. The lowest BCUT2D eigenvalue weighted by Crippen LogP contribution is -2.02. The Hall–Kier alpha value is -2.82. The molecule has 2 aromatic rings. The Morgan fingerprint density at radius 2 is 1.77 bits per heavy atom. The fraction of sp³-hybridized carbons (Fsp3) is 0.440. The molecule has 0 unspecified atom stereocenters. The van der Waals surface area contributed by atoms with E-state index in [9.17, 15) is 0 Å². The summed E-state index contributed by atoms with van der Waals surface area (Å²) in [5, 5.41) is 3.74. The fourth-order valence-corrected chi connectivity index (χ4v) is 3.17. The number of allylic oxidation sites excluding steroid dienone is 1. The van der Waals surface area contributed by atoms with Crippen LogP contribution in [0.2, 0.25) is 0 Å². The van der Waals surface area contributed by atoms with Gasteiger partial charge in [-0.1, -0.05) is 30.1 Å². The molecule has 0 saturated carbocycles. The number of aryl methyl sites for hydroxylation is 3. The first-order valence-electron chi connectivity index (χ1n) is 10.6.